The highest BCUT2D eigenvalue weighted by Crippen LogP contribution is 2.22. The molecule has 0 saturated heterocycles. The first kappa shape index (κ1) is 18.0. The van der Waals surface area contributed by atoms with Gasteiger partial charge in [0, 0.05) is 16.4 Å². The standard InChI is InChI=1S/C17H15ClN4O3S/c1-11-9-13(7-8-15(11)18)20-16(23)14-10-19-21-17(14)26(24,25)22-12-5-3-2-4-6-12/h2-10,22H,1H3,(H,19,21)(H,20,23). The van der Waals surface area contributed by atoms with Crippen LogP contribution in [0.5, 0.6) is 0 Å². The zero-order valence-electron chi connectivity index (χ0n) is 13.7. The quantitative estimate of drug-likeness (QED) is 0.620. The van der Waals surface area contributed by atoms with E-state index in [2.05, 4.69) is 20.2 Å². The fourth-order valence-corrected chi connectivity index (χ4v) is 3.55. The fourth-order valence-electron chi connectivity index (χ4n) is 2.27. The highest BCUT2D eigenvalue weighted by atomic mass is 35.5. The molecule has 2 aromatic carbocycles. The van der Waals surface area contributed by atoms with Crippen LogP contribution in [-0.2, 0) is 10.0 Å². The van der Waals surface area contributed by atoms with Crippen molar-refractivity contribution in [3.8, 4) is 0 Å². The molecular weight excluding hydrogens is 376 g/mol. The SMILES string of the molecule is Cc1cc(NC(=O)c2cn[nH]c2S(=O)(=O)Nc2ccccc2)ccc1Cl. The van der Waals surface area contributed by atoms with Gasteiger partial charge in [0.1, 0.15) is 0 Å². The molecule has 26 heavy (non-hydrogen) atoms. The Bertz CT molecular complexity index is 1050. The van der Waals surface area contributed by atoms with E-state index in [9.17, 15) is 13.2 Å². The van der Waals surface area contributed by atoms with Crippen molar-refractivity contribution in [1.82, 2.24) is 10.2 Å². The number of anilines is 2. The Hall–Kier alpha value is -2.84. The van der Waals surface area contributed by atoms with Crippen LogP contribution in [0.4, 0.5) is 11.4 Å². The van der Waals surface area contributed by atoms with Crippen molar-refractivity contribution in [2.75, 3.05) is 10.0 Å². The van der Waals surface area contributed by atoms with Gasteiger partial charge in [-0.05, 0) is 42.8 Å². The Labute approximate surface area is 155 Å². The molecule has 7 nitrogen and oxygen atoms in total. The number of sulfonamides is 1. The maximum atomic E-state index is 12.6. The van der Waals surface area contributed by atoms with E-state index in [1.54, 1.807) is 55.5 Å². The molecule has 0 spiro atoms. The number of nitrogens with one attached hydrogen (secondary N) is 3. The first-order chi connectivity index (χ1) is 12.4. The zero-order chi connectivity index (χ0) is 18.7. The van der Waals surface area contributed by atoms with Gasteiger partial charge in [-0.15, -0.1) is 0 Å². The summed E-state index contributed by atoms with van der Waals surface area (Å²) in [6.45, 7) is 1.80. The highest BCUT2D eigenvalue weighted by molar-refractivity contribution is 7.92. The van der Waals surface area contributed by atoms with Gasteiger partial charge >= 0.3 is 0 Å². The monoisotopic (exact) mass is 390 g/mol. The number of hydrogen-bond acceptors (Lipinski definition) is 4. The van der Waals surface area contributed by atoms with Crippen molar-refractivity contribution in [2.24, 2.45) is 0 Å². The van der Waals surface area contributed by atoms with Gasteiger partial charge in [0.25, 0.3) is 15.9 Å². The van der Waals surface area contributed by atoms with Gasteiger partial charge in [-0.2, -0.15) is 13.5 Å². The lowest BCUT2D eigenvalue weighted by atomic mass is 10.2. The maximum Gasteiger partial charge on any atom is 0.279 e. The molecule has 0 aliphatic heterocycles. The fraction of sp³-hybridized carbons (Fsp3) is 0.0588. The number of aromatic nitrogens is 2. The van der Waals surface area contributed by atoms with E-state index in [0.717, 1.165) is 11.8 Å². The van der Waals surface area contributed by atoms with Crippen molar-refractivity contribution in [3.63, 3.8) is 0 Å². The number of aromatic amines is 1. The van der Waals surface area contributed by atoms with Crippen molar-refractivity contribution in [1.29, 1.82) is 0 Å². The molecule has 3 aromatic rings. The van der Waals surface area contributed by atoms with Gasteiger partial charge in [0.05, 0.1) is 11.8 Å². The first-order valence-corrected chi connectivity index (χ1v) is 9.42. The number of H-pyrrole nitrogens is 1. The molecule has 0 radical (unpaired) electrons. The van der Waals surface area contributed by atoms with Gasteiger partial charge < -0.3 is 5.32 Å². The lowest BCUT2D eigenvalue weighted by molar-refractivity contribution is 0.102. The van der Waals surface area contributed by atoms with Crippen LogP contribution in [0.1, 0.15) is 15.9 Å². The molecule has 0 fully saturated rings. The average Bonchev–Trinajstić information content (AvgIpc) is 3.10. The average molecular weight is 391 g/mol. The Morgan fingerprint density at radius 2 is 1.85 bits per heavy atom. The molecule has 0 saturated carbocycles. The largest absolute Gasteiger partial charge is 0.322 e. The molecule has 0 aliphatic rings. The van der Waals surface area contributed by atoms with E-state index in [1.807, 2.05) is 0 Å². The Kier molecular flexibility index (Phi) is 4.97. The van der Waals surface area contributed by atoms with Crippen molar-refractivity contribution >= 4 is 38.9 Å². The number of halogens is 1. The van der Waals surface area contributed by atoms with Crippen LogP contribution in [0.3, 0.4) is 0 Å². The molecule has 0 atom stereocenters. The third-order valence-electron chi connectivity index (χ3n) is 3.56. The number of rotatable bonds is 5. The molecule has 0 aliphatic carbocycles. The smallest absolute Gasteiger partial charge is 0.279 e. The second kappa shape index (κ2) is 7.19. The van der Waals surface area contributed by atoms with E-state index in [-0.39, 0.29) is 10.6 Å². The summed E-state index contributed by atoms with van der Waals surface area (Å²) in [5.41, 5.74) is 1.57. The van der Waals surface area contributed by atoms with Gasteiger partial charge in [0.15, 0.2) is 5.03 Å². The molecule has 0 bridgehead atoms. The molecule has 9 heteroatoms. The second-order valence-corrected chi connectivity index (χ2v) is 7.53. The highest BCUT2D eigenvalue weighted by Gasteiger charge is 2.25. The van der Waals surface area contributed by atoms with Crippen LogP contribution in [0.2, 0.25) is 5.02 Å². The minimum absolute atomic E-state index is 0.0963. The number of amides is 1. The maximum absolute atomic E-state index is 12.6. The van der Waals surface area contributed by atoms with Gasteiger partial charge in [-0.25, -0.2) is 0 Å². The van der Waals surface area contributed by atoms with Crippen molar-refractivity contribution in [2.45, 2.75) is 11.9 Å². The first-order valence-electron chi connectivity index (χ1n) is 7.55. The van der Waals surface area contributed by atoms with E-state index in [4.69, 9.17) is 11.6 Å². The predicted molar refractivity (Wildman–Crippen MR) is 100.0 cm³/mol. The van der Waals surface area contributed by atoms with Crippen molar-refractivity contribution < 1.29 is 13.2 Å². The minimum atomic E-state index is -4.00. The Morgan fingerprint density at radius 1 is 1.12 bits per heavy atom. The normalized spacial score (nSPS) is 11.2. The molecule has 134 valence electrons. The summed E-state index contributed by atoms with van der Waals surface area (Å²) >= 11 is 5.96. The number of carbonyl (C=O) groups excluding carboxylic acids is 1. The van der Waals surface area contributed by atoms with E-state index in [1.165, 1.54) is 0 Å². The third-order valence-corrected chi connectivity index (χ3v) is 5.34. The zero-order valence-corrected chi connectivity index (χ0v) is 15.2. The molecule has 3 N–H and O–H groups in total. The topological polar surface area (TPSA) is 104 Å². The van der Waals surface area contributed by atoms with Gasteiger partial charge in [-0.3, -0.25) is 14.6 Å². The van der Waals surface area contributed by atoms with E-state index in [0.29, 0.717) is 16.4 Å². The summed E-state index contributed by atoms with van der Waals surface area (Å²) in [5, 5.41) is 8.96. The predicted octanol–water partition coefficient (Wildman–Crippen LogP) is 3.42. The third kappa shape index (κ3) is 3.87. The molecular formula is C17H15ClN4O3S. The number of carbonyl (C=O) groups is 1. The molecule has 1 heterocycles. The summed E-state index contributed by atoms with van der Waals surface area (Å²) in [7, 11) is -4.00. The van der Waals surface area contributed by atoms with Crippen LogP contribution < -0.4 is 10.0 Å². The molecule has 1 amide bonds. The van der Waals surface area contributed by atoms with Crippen LogP contribution in [0.25, 0.3) is 0 Å². The number of hydrogen-bond donors (Lipinski definition) is 3. The van der Waals surface area contributed by atoms with Crippen molar-refractivity contribution in [3.05, 3.63) is 70.9 Å². The number of nitrogens with zero attached hydrogens (tertiary/aromatic N) is 1. The van der Waals surface area contributed by atoms with Crippen LogP contribution in [0.15, 0.2) is 59.8 Å². The van der Waals surface area contributed by atoms with Gasteiger partial charge in [0.2, 0.25) is 0 Å². The van der Waals surface area contributed by atoms with Crippen LogP contribution in [0, 0.1) is 6.92 Å². The Morgan fingerprint density at radius 3 is 2.54 bits per heavy atom. The molecule has 3 rings (SSSR count). The second-order valence-electron chi connectivity index (χ2n) is 5.50. The summed E-state index contributed by atoms with van der Waals surface area (Å²) in [6, 6.07) is 13.3. The molecule has 1 aromatic heterocycles. The minimum Gasteiger partial charge on any atom is -0.322 e. The number of benzene rings is 2. The Balaban J connectivity index is 1.85. The van der Waals surface area contributed by atoms with E-state index >= 15 is 0 Å². The molecule has 0 unspecified atom stereocenters. The summed E-state index contributed by atoms with van der Waals surface area (Å²) in [6.07, 6.45) is 1.16. The summed E-state index contributed by atoms with van der Waals surface area (Å²) in [5.74, 6) is -0.603. The number of aryl methyl sites for hydroxylation is 1. The van der Waals surface area contributed by atoms with E-state index < -0.39 is 15.9 Å². The lowest BCUT2D eigenvalue weighted by Gasteiger charge is -2.09. The summed E-state index contributed by atoms with van der Waals surface area (Å²) in [4.78, 5) is 12.5. The van der Waals surface area contributed by atoms with Crippen LogP contribution >= 0.6 is 11.6 Å². The van der Waals surface area contributed by atoms with Gasteiger partial charge in [-0.1, -0.05) is 29.8 Å². The lowest BCUT2D eigenvalue weighted by Crippen LogP contribution is -2.19. The number of para-hydroxylation sites is 1. The van der Waals surface area contributed by atoms with Crippen LogP contribution in [-0.4, -0.2) is 24.5 Å². The summed E-state index contributed by atoms with van der Waals surface area (Å²) < 4.78 is 27.5.